The third kappa shape index (κ3) is 4.82. The second-order valence-electron chi connectivity index (χ2n) is 7.14. The highest BCUT2D eigenvalue weighted by Crippen LogP contribution is 2.31. The Labute approximate surface area is 168 Å². The van der Waals surface area contributed by atoms with Crippen molar-refractivity contribution in [2.45, 2.75) is 25.8 Å². The van der Waals surface area contributed by atoms with Crippen LogP contribution in [0.25, 0.3) is 0 Å². The molecule has 4 rings (SSSR count). The summed E-state index contributed by atoms with van der Waals surface area (Å²) < 4.78 is 5.02. The summed E-state index contributed by atoms with van der Waals surface area (Å²) in [6, 6.07) is 17.8. The van der Waals surface area contributed by atoms with E-state index in [1.54, 1.807) is 13.0 Å². The van der Waals surface area contributed by atoms with Gasteiger partial charge in [0.1, 0.15) is 11.8 Å². The minimum absolute atomic E-state index is 0.0425. The van der Waals surface area contributed by atoms with E-state index in [1.165, 1.54) is 0 Å². The Morgan fingerprint density at radius 1 is 1.00 bits per heavy atom. The molecule has 2 amide bonds. The number of amides is 2. The molecule has 0 aliphatic heterocycles. The maximum absolute atomic E-state index is 13.0. The van der Waals surface area contributed by atoms with Crippen molar-refractivity contribution in [2.75, 3.05) is 16.0 Å². The highest BCUT2D eigenvalue weighted by molar-refractivity contribution is 5.97. The van der Waals surface area contributed by atoms with Crippen LogP contribution in [0.1, 0.15) is 30.2 Å². The van der Waals surface area contributed by atoms with Crippen LogP contribution in [-0.4, -0.2) is 17.0 Å². The Kier molecular flexibility index (Phi) is 5.29. The Balaban J connectivity index is 1.53. The number of anilines is 3. The molecule has 1 aliphatic rings. The third-order valence-corrected chi connectivity index (χ3v) is 4.66. The highest BCUT2D eigenvalue weighted by Gasteiger charge is 2.29. The molecule has 1 aromatic heterocycles. The molecule has 3 N–H and O–H groups in total. The summed E-state index contributed by atoms with van der Waals surface area (Å²) in [6.45, 7) is 1.76. The number of rotatable bonds is 7. The van der Waals surface area contributed by atoms with Crippen LogP contribution in [0.2, 0.25) is 0 Å². The van der Waals surface area contributed by atoms with Crippen molar-refractivity contribution in [3.8, 4) is 0 Å². The van der Waals surface area contributed by atoms with Gasteiger partial charge in [0.2, 0.25) is 5.91 Å². The fraction of sp³-hybridized carbons (Fsp3) is 0.227. The molecule has 0 saturated heterocycles. The van der Waals surface area contributed by atoms with Gasteiger partial charge < -0.3 is 20.5 Å². The van der Waals surface area contributed by atoms with E-state index in [9.17, 15) is 9.59 Å². The number of hydrogen-bond donors (Lipinski definition) is 3. The lowest BCUT2D eigenvalue weighted by Crippen LogP contribution is -2.27. The van der Waals surface area contributed by atoms with Crippen LogP contribution in [-0.2, 0) is 9.59 Å². The van der Waals surface area contributed by atoms with Crippen molar-refractivity contribution < 1.29 is 14.1 Å². The number of carbonyl (C=O) groups excluding carboxylic acids is 2. The average molecular weight is 390 g/mol. The second-order valence-corrected chi connectivity index (χ2v) is 7.14. The third-order valence-electron chi connectivity index (χ3n) is 4.66. The molecule has 0 spiro atoms. The van der Waals surface area contributed by atoms with Crippen LogP contribution >= 0.6 is 0 Å². The summed E-state index contributed by atoms with van der Waals surface area (Å²) in [4.78, 5) is 25.0. The molecule has 2 aromatic carbocycles. The van der Waals surface area contributed by atoms with E-state index in [4.69, 9.17) is 4.52 Å². The number of nitrogens with one attached hydrogen (secondary N) is 3. The van der Waals surface area contributed by atoms with Crippen LogP contribution in [0.3, 0.4) is 0 Å². The molecule has 1 unspecified atom stereocenters. The predicted molar refractivity (Wildman–Crippen MR) is 110 cm³/mol. The van der Waals surface area contributed by atoms with Crippen LogP contribution < -0.4 is 16.0 Å². The van der Waals surface area contributed by atoms with Gasteiger partial charge in [0.05, 0.1) is 0 Å². The van der Waals surface area contributed by atoms with Gasteiger partial charge in [-0.3, -0.25) is 9.59 Å². The SMILES string of the molecule is Cc1cc(NC(=O)C(Nc2cccc(NC(=O)C3CC3)c2)c2ccccc2)no1. The van der Waals surface area contributed by atoms with Gasteiger partial charge in [-0.25, -0.2) is 0 Å². The van der Waals surface area contributed by atoms with Gasteiger partial charge in [0.25, 0.3) is 5.91 Å². The van der Waals surface area contributed by atoms with Crippen LogP contribution in [0.4, 0.5) is 17.2 Å². The second kappa shape index (κ2) is 8.18. The summed E-state index contributed by atoms with van der Waals surface area (Å²) >= 11 is 0. The zero-order valence-electron chi connectivity index (χ0n) is 16.0. The zero-order valence-corrected chi connectivity index (χ0v) is 16.0. The number of aromatic nitrogens is 1. The molecule has 3 aromatic rings. The van der Waals surface area contributed by atoms with Crippen molar-refractivity contribution in [3.05, 3.63) is 72.0 Å². The lowest BCUT2D eigenvalue weighted by molar-refractivity contribution is -0.118. The molecular weight excluding hydrogens is 368 g/mol. The van der Waals surface area contributed by atoms with Gasteiger partial charge in [-0.1, -0.05) is 41.6 Å². The Morgan fingerprint density at radius 3 is 2.45 bits per heavy atom. The topological polar surface area (TPSA) is 96.3 Å². The first-order valence-electron chi connectivity index (χ1n) is 9.55. The standard InChI is InChI=1S/C22H22N4O3/c1-14-12-19(26-29-14)25-22(28)20(15-6-3-2-4-7-15)23-17-8-5-9-18(13-17)24-21(27)16-10-11-16/h2-9,12-13,16,20,23H,10-11H2,1H3,(H,24,27)(H,25,26,28). The number of aryl methyl sites for hydroxylation is 1. The van der Waals surface area contributed by atoms with Crippen molar-refractivity contribution in [1.82, 2.24) is 5.16 Å². The summed E-state index contributed by atoms with van der Waals surface area (Å²) in [6.07, 6.45) is 1.89. The summed E-state index contributed by atoms with van der Waals surface area (Å²) in [7, 11) is 0. The first-order valence-corrected chi connectivity index (χ1v) is 9.55. The van der Waals surface area contributed by atoms with E-state index in [0.29, 0.717) is 17.3 Å². The molecule has 1 aliphatic carbocycles. The van der Waals surface area contributed by atoms with E-state index in [-0.39, 0.29) is 17.7 Å². The van der Waals surface area contributed by atoms with E-state index in [0.717, 1.165) is 24.1 Å². The fourth-order valence-electron chi connectivity index (χ4n) is 3.01. The summed E-state index contributed by atoms with van der Waals surface area (Å²) in [5.41, 5.74) is 2.22. The van der Waals surface area contributed by atoms with Gasteiger partial charge >= 0.3 is 0 Å². The number of nitrogens with zero attached hydrogens (tertiary/aromatic N) is 1. The minimum Gasteiger partial charge on any atom is -0.370 e. The molecule has 1 saturated carbocycles. The number of hydrogen-bond acceptors (Lipinski definition) is 5. The van der Waals surface area contributed by atoms with Gasteiger partial charge in [0, 0.05) is 23.4 Å². The number of carbonyl (C=O) groups is 2. The molecule has 148 valence electrons. The summed E-state index contributed by atoms with van der Waals surface area (Å²) in [5, 5.41) is 12.8. The predicted octanol–water partition coefficient (Wildman–Crippen LogP) is 4.12. The highest BCUT2D eigenvalue weighted by atomic mass is 16.5. The Bertz CT molecular complexity index is 1010. The monoisotopic (exact) mass is 390 g/mol. The Hall–Kier alpha value is -3.61. The van der Waals surface area contributed by atoms with E-state index >= 15 is 0 Å². The average Bonchev–Trinajstić information content (AvgIpc) is 3.50. The smallest absolute Gasteiger partial charge is 0.252 e. The lowest BCUT2D eigenvalue weighted by Gasteiger charge is -2.20. The van der Waals surface area contributed by atoms with Gasteiger partial charge in [0.15, 0.2) is 5.82 Å². The molecular formula is C22H22N4O3. The number of benzene rings is 2. The van der Waals surface area contributed by atoms with Crippen molar-refractivity contribution in [2.24, 2.45) is 5.92 Å². The van der Waals surface area contributed by atoms with E-state index in [2.05, 4.69) is 21.1 Å². The summed E-state index contributed by atoms with van der Waals surface area (Å²) in [5.74, 6) is 0.877. The maximum atomic E-state index is 13.0. The van der Waals surface area contributed by atoms with Gasteiger partial charge in [-0.15, -0.1) is 0 Å². The maximum Gasteiger partial charge on any atom is 0.252 e. The molecule has 7 heteroatoms. The van der Waals surface area contributed by atoms with Crippen LogP contribution in [0.5, 0.6) is 0 Å². The zero-order chi connectivity index (χ0) is 20.2. The fourth-order valence-corrected chi connectivity index (χ4v) is 3.01. The van der Waals surface area contributed by atoms with Crippen LogP contribution in [0.15, 0.2) is 65.2 Å². The van der Waals surface area contributed by atoms with Crippen molar-refractivity contribution in [1.29, 1.82) is 0 Å². The molecule has 1 heterocycles. The van der Waals surface area contributed by atoms with Crippen LogP contribution in [0, 0.1) is 12.8 Å². The normalized spacial score (nSPS) is 14.1. The largest absolute Gasteiger partial charge is 0.370 e. The Morgan fingerprint density at radius 2 is 1.76 bits per heavy atom. The molecule has 7 nitrogen and oxygen atoms in total. The molecule has 29 heavy (non-hydrogen) atoms. The van der Waals surface area contributed by atoms with E-state index < -0.39 is 6.04 Å². The first-order chi connectivity index (χ1) is 14.1. The molecule has 0 bridgehead atoms. The lowest BCUT2D eigenvalue weighted by atomic mass is 10.1. The van der Waals surface area contributed by atoms with Gasteiger partial charge in [-0.2, -0.15) is 0 Å². The van der Waals surface area contributed by atoms with Crippen molar-refractivity contribution >= 4 is 29.0 Å². The van der Waals surface area contributed by atoms with E-state index in [1.807, 2.05) is 54.6 Å². The van der Waals surface area contributed by atoms with Crippen molar-refractivity contribution in [3.63, 3.8) is 0 Å². The molecule has 1 fully saturated rings. The molecule has 1 atom stereocenters. The minimum atomic E-state index is -0.650. The first kappa shape index (κ1) is 18.7. The van der Waals surface area contributed by atoms with Gasteiger partial charge in [-0.05, 0) is 43.5 Å². The quantitative estimate of drug-likeness (QED) is 0.564. The molecule has 0 radical (unpaired) electrons.